The number of halogens is 1. The lowest BCUT2D eigenvalue weighted by molar-refractivity contribution is -0.0309. The quantitative estimate of drug-likeness (QED) is 0.921. The maximum absolute atomic E-state index is 13.2. The van der Waals surface area contributed by atoms with Crippen LogP contribution in [0.2, 0.25) is 0 Å². The van der Waals surface area contributed by atoms with Crippen molar-refractivity contribution >= 4 is 11.0 Å². The van der Waals surface area contributed by atoms with Crippen LogP contribution in [0, 0.1) is 5.82 Å². The van der Waals surface area contributed by atoms with E-state index in [2.05, 4.69) is 0 Å². The molecule has 3 rings (SSSR count). The molecule has 1 aliphatic carbocycles. The highest BCUT2D eigenvalue weighted by Crippen LogP contribution is 2.42. The van der Waals surface area contributed by atoms with Gasteiger partial charge in [-0.2, -0.15) is 0 Å². The van der Waals surface area contributed by atoms with E-state index in [-0.39, 0.29) is 17.5 Å². The summed E-state index contributed by atoms with van der Waals surface area (Å²) in [6, 6.07) is 6.00. The minimum atomic E-state index is -0.341. The van der Waals surface area contributed by atoms with Gasteiger partial charge >= 0.3 is 0 Å². The van der Waals surface area contributed by atoms with E-state index in [0.29, 0.717) is 11.3 Å². The summed E-state index contributed by atoms with van der Waals surface area (Å²) in [6.45, 7) is 0. The van der Waals surface area contributed by atoms with Gasteiger partial charge in [0, 0.05) is 12.5 Å². The molecule has 1 aromatic heterocycles. The number of nitrogens with two attached hydrogens (primary N) is 1. The molecule has 2 N–H and O–H groups in total. The van der Waals surface area contributed by atoms with Crippen molar-refractivity contribution in [3.8, 4) is 0 Å². The molecule has 1 saturated carbocycles. The summed E-state index contributed by atoms with van der Waals surface area (Å²) in [5, 5.41) is 0.745. The molecular formula is C15H18FNO2. The van der Waals surface area contributed by atoms with E-state index in [9.17, 15) is 4.39 Å². The number of methoxy groups -OCH3 is 1. The fourth-order valence-corrected chi connectivity index (χ4v) is 3.06. The summed E-state index contributed by atoms with van der Waals surface area (Å²) >= 11 is 0. The highest BCUT2D eigenvalue weighted by Gasteiger charge is 2.42. The molecule has 1 aliphatic rings. The molecule has 1 heterocycles. The van der Waals surface area contributed by atoms with Crippen molar-refractivity contribution in [1.82, 2.24) is 0 Å². The SMILES string of the molecule is COC1(C(N)c2cc3cc(F)ccc3o2)CCCC1. The first-order valence-corrected chi connectivity index (χ1v) is 6.64. The normalized spacial score (nSPS) is 19.9. The fraction of sp³-hybridized carbons (Fsp3) is 0.467. The smallest absolute Gasteiger partial charge is 0.134 e. The molecular weight excluding hydrogens is 245 g/mol. The summed E-state index contributed by atoms with van der Waals surface area (Å²) in [6.07, 6.45) is 4.12. The predicted octanol–water partition coefficient (Wildman–Crippen LogP) is 3.53. The van der Waals surface area contributed by atoms with Gasteiger partial charge < -0.3 is 14.9 Å². The number of fused-ring (bicyclic) bond motifs is 1. The Morgan fingerprint density at radius 3 is 2.74 bits per heavy atom. The van der Waals surface area contributed by atoms with Crippen molar-refractivity contribution in [3.63, 3.8) is 0 Å². The summed E-state index contributed by atoms with van der Waals surface area (Å²) in [7, 11) is 1.70. The van der Waals surface area contributed by atoms with Crippen molar-refractivity contribution in [2.24, 2.45) is 5.73 Å². The van der Waals surface area contributed by atoms with Gasteiger partial charge in [-0.25, -0.2) is 4.39 Å². The summed E-state index contributed by atoms with van der Waals surface area (Å²) in [4.78, 5) is 0. The topological polar surface area (TPSA) is 48.4 Å². The third-order valence-corrected chi connectivity index (χ3v) is 4.23. The molecule has 0 spiro atoms. The second-order valence-corrected chi connectivity index (χ2v) is 5.28. The Bertz CT molecular complexity index is 587. The molecule has 1 aromatic carbocycles. The first-order valence-electron chi connectivity index (χ1n) is 6.64. The molecule has 2 aromatic rings. The van der Waals surface area contributed by atoms with Crippen LogP contribution in [-0.4, -0.2) is 12.7 Å². The summed E-state index contributed by atoms with van der Waals surface area (Å²) in [5.41, 5.74) is 6.66. The number of hydrogen-bond acceptors (Lipinski definition) is 3. The average Bonchev–Trinajstić information content (AvgIpc) is 3.04. The first kappa shape index (κ1) is 12.6. The van der Waals surface area contributed by atoms with E-state index in [0.717, 1.165) is 31.1 Å². The van der Waals surface area contributed by atoms with Crippen LogP contribution in [0.3, 0.4) is 0 Å². The molecule has 1 unspecified atom stereocenters. The number of ether oxygens (including phenoxy) is 1. The molecule has 0 radical (unpaired) electrons. The van der Waals surface area contributed by atoms with Gasteiger partial charge in [0.2, 0.25) is 0 Å². The Kier molecular flexibility index (Phi) is 3.07. The van der Waals surface area contributed by atoms with E-state index >= 15 is 0 Å². The predicted molar refractivity (Wildman–Crippen MR) is 71.3 cm³/mol. The number of rotatable bonds is 3. The molecule has 1 atom stereocenters. The third kappa shape index (κ3) is 2.05. The van der Waals surface area contributed by atoms with Crippen molar-refractivity contribution in [2.45, 2.75) is 37.3 Å². The van der Waals surface area contributed by atoms with Crippen molar-refractivity contribution < 1.29 is 13.5 Å². The number of hydrogen-bond donors (Lipinski definition) is 1. The second kappa shape index (κ2) is 4.62. The summed E-state index contributed by atoms with van der Waals surface area (Å²) < 4.78 is 24.6. The molecule has 102 valence electrons. The van der Waals surface area contributed by atoms with Gasteiger partial charge in [0.15, 0.2) is 0 Å². The molecule has 0 bridgehead atoms. The van der Waals surface area contributed by atoms with Gasteiger partial charge in [-0.15, -0.1) is 0 Å². The third-order valence-electron chi connectivity index (χ3n) is 4.23. The minimum absolute atomic E-state index is 0.268. The van der Waals surface area contributed by atoms with Crippen LogP contribution in [0.25, 0.3) is 11.0 Å². The zero-order valence-corrected chi connectivity index (χ0v) is 11.0. The van der Waals surface area contributed by atoms with Gasteiger partial charge in [0.25, 0.3) is 0 Å². The Labute approximate surface area is 111 Å². The number of benzene rings is 1. The zero-order valence-electron chi connectivity index (χ0n) is 11.0. The number of furan rings is 1. The van der Waals surface area contributed by atoms with Gasteiger partial charge in [-0.1, -0.05) is 12.8 Å². The van der Waals surface area contributed by atoms with Gasteiger partial charge in [-0.3, -0.25) is 0 Å². The van der Waals surface area contributed by atoms with E-state index < -0.39 is 0 Å². The first-order chi connectivity index (χ1) is 9.14. The largest absolute Gasteiger partial charge is 0.459 e. The molecule has 19 heavy (non-hydrogen) atoms. The zero-order chi connectivity index (χ0) is 13.5. The van der Waals surface area contributed by atoms with Crippen molar-refractivity contribution in [3.05, 3.63) is 35.8 Å². The van der Waals surface area contributed by atoms with Crippen LogP contribution >= 0.6 is 0 Å². The highest BCUT2D eigenvalue weighted by atomic mass is 19.1. The molecule has 3 nitrogen and oxygen atoms in total. The van der Waals surface area contributed by atoms with Crippen molar-refractivity contribution in [1.29, 1.82) is 0 Å². The maximum atomic E-state index is 13.2. The minimum Gasteiger partial charge on any atom is -0.459 e. The standard InChI is InChI=1S/C15H18FNO2/c1-18-15(6-2-3-7-15)14(17)13-9-10-8-11(16)4-5-12(10)19-13/h4-5,8-9,14H,2-3,6-7,17H2,1H3. The molecule has 0 saturated heterocycles. The van der Waals surface area contributed by atoms with Crippen LogP contribution in [0.5, 0.6) is 0 Å². The molecule has 0 aliphatic heterocycles. The molecule has 1 fully saturated rings. The average molecular weight is 263 g/mol. The van der Waals surface area contributed by atoms with Crippen molar-refractivity contribution in [2.75, 3.05) is 7.11 Å². The van der Waals surface area contributed by atoms with Crippen LogP contribution in [-0.2, 0) is 4.74 Å². The fourth-order valence-electron chi connectivity index (χ4n) is 3.06. The lowest BCUT2D eigenvalue weighted by atomic mass is 9.91. The Morgan fingerprint density at radius 1 is 1.32 bits per heavy atom. The monoisotopic (exact) mass is 263 g/mol. The van der Waals surface area contributed by atoms with E-state index in [1.54, 1.807) is 13.2 Å². The van der Waals surface area contributed by atoms with Crippen LogP contribution in [0.15, 0.2) is 28.7 Å². The van der Waals surface area contributed by atoms with E-state index in [1.165, 1.54) is 12.1 Å². The van der Waals surface area contributed by atoms with E-state index in [1.807, 2.05) is 6.07 Å². The van der Waals surface area contributed by atoms with Crippen LogP contribution in [0.4, 0.5) is 4.39 Å². The lowest BCUT2D eigenvalue weighted by Gasteiger charge is -2.32. The van der Waals surface area contributed by atoms with Crippen LogP contribution in [0.1, 0.15) is 37.5 Å². The summed E-state index contributed by atoms with van der Waals surface area (Å²) in [5.74, 6) is 0.403. The Hall–Kier alpha value is -1.39. The highest BCUT2D eigenvalue weighted by molar-refractivity contribution is 5.78. The Morgan fingerprint density at radius 2 is 2.05 bits per heavy atom. The Balaban J connectivity index is 1.99. The molecule has 0 amide bonds. The maximum Gasteiger partial charge on any atom is 0.134 e. The van der Waals surface area contributed by atoms with Gasteiger partial charge in [-0.05, 0) is 37.1 Å². The van der Waals surface area contributed by atoms with E-state index in [4.69, 9.17) is 14.9 Å². The molecule has 4 heteroatoms. The second-order valence-electron chi connectivity index (χ2n) is 5.28. The van der Waals surface area contributed by atoms with Crippen LogP contribution < -0.4 is 5.73 Å². The lowest BCUT2D eigenvalue weighted by Crippen LogP contribution is -2.40. The van der Waals surface area contributed by atoms with Gasteiger partial charge in [0.05, 0.1) is 11.6 Å². The van der Waals surface area contributed by atoms with Gasteiger partial charge in [0.1, 0.15) is 17.2 Å².